The Bertz CT molecular complexity index is 246. The van der Waals surface area contributed by atoms with Gasteiger partial charge in [-0.3, -0.25) is 0 Å². The molecule has 0 saturated carbocycles. The molecule has 0 amide bonds. The molecule has 0 aromatic heterocycles. The van der Waals surface area contributed by atoms with Gasteiger partial charge in [0.2, 0.25) is 0 Å². The van der Waals surface area contributed by atoms with E-state index in [1.807, 2.05) is 0 Å². The van der Waals surface area contributed by atoms with Gasteiger partial charge < -0.3 is 10.6 Å². The molecule has 0 radical (unpaired) electrons. The molecule has 0 aliphatic carbocycles. The minimum absolute atomic E-state index is 0.463. The summed E-state index contributed by atoms with van der Waals surface area (Å²) in [4.78, 5) is 2.77. The third kappa shape index (κ3) is 10.4. The third-order valence-corrected chi connectivity index (χ3v) is 5.62. The zero-order chi connectivity index (χ0) is 16.8. The molecule has 0 spiro atoms. The van der Waals surface area contributed by atoms with Crippen molar-refractivity contribution in [2.45, 2.75) is 122 Å². The quantitative estimate of drug-likeness (QED) is 0.404. The van der Waals surface area contributed by atoms with Gasteiger partial charge >= 0.3 is 0 Å². The summed E-state index contributed by atoms with van der Waals surface area (Å²) < 4.78 is 0. The Hall–Kier alpha value is -0.0800. The minimum atomic E-state index is 0.463. The predicted octanol–water partition coefficient (Wildman–Crippen LogP) is 5.89. The second-order valence-corrected chi connectivity index (χ2v) is 7.79. The largest absolute Gasteiger partial charge is 0.328 e. The molecule has 1 rings (SSSR count). The van der Waals surface area contributed by atoms with Crippen LogP contribution >= 0.6 is 0 Å². The molecule has 1 atom stereocenters. The summed E-state index contributed by atoms with van der Waals surface area (Å²) in [5.74, 6) is 0. The number of piperidine rings is 1. The van der Waals surface area contributed by atoms with Crippen LogP contribution in [0.3, 0.4) is 0 Å². The fraction of sp³-hybridized carbons (Fsp3) is 1.00. The van der Waals surface area contributed by atoms with E-state index in [0.29, 0.717) is 6.04 Å². The van der Waals surface area contributed by atoms with E-state index < -0.39 is 0 Å². The maximum atomic E-state index is 6.09. The van der Waals surface area contributed by atoms with E-state index in [-0.39, 0.29) is 0 Å². The first-order valence-electron chi connectivity index (χ1n) is 10.8. The average Bonchev–Trinajstić information content (AvgIpc) is 2.57. The topological polar surface area (TPSA) is 29.3 Å². The van der Waals surface area contributed by atoms with Gasteiger partial charge in [0.05, 0.1) is 0 Å². The van der Waals surface area contributed by atoms with Gasteiger partial charge in [0.1, 0.15) is 0 Å². The Morgan fingerprint density at radius 2 is 1.17 bits per heavy atom. The second-order valence-electron chi connectivity index (χ2n) is 7.79. The van der Waals surface area contributed by atoms with E-state index in [1.165, 1.54) is 109 Å². The summed E-state index contributed by atoms with van der Waals surface area (Å²) in [5.41, 5.74) is 6.09. The fourth-order valence-corrected chi connectivity index (χ4v) is 3.94. The average molecular weight is 325 g/mol. The fourth-order valence-electron chi connectivity index (χ4n) is 3.94. The van der Waals surface area contributed by atoms with Crippen molar-refractivity contribution in [1.29, 1.82) is 0 Å². The molecule has 2 nitrogen and oxygen atoms in total. The van der Waals surface area contributed by atoms with Crippen LogP contribution in [0.15, 0.2) is 0 Å². The van der Waals surface area contributed by atoms with E-state index in [1.54, 1.807) is 0 Å². The number of unbranched alkanes of at least 4 members (excludes halogenated alkanes) is 9. The lowest BCUT2D eigenvalue weighted by Gasteiger charge is -2.37. The van der Waals surface area contributed by atoms with Crippen molar-refractivity contribution in [1.82, 2.24) is 4.90 Å². The number of hydrogen-bond acceptors (Lipinski definition) is 2. The predicted molar refractivity (Wildman–Crippen MR) is 104 cm³/mol. The lowest BCUT2D eigenvalue weighted by Crippen LogP contribution is -2.45. The zero-order valence-corrected chi connectivity index (χ0v) is 16.2. The highest BCUT2D eigenvalue weighted by Crippen LogP contribution is 2.21. The lowest BCUT2D eigenvalue weighted by atomic mass is 9.96. The number of hydrogen-bond donors (Lipinski definition) is 1. The molecule has 1 aliphatic rings. The van der Waals surface area contributed by atoms with Crippen molar-refractivity contribution < 1.29 is 0 Å². The Morgan fingerprint density at radius 3 is 1.65 bits per heavy atom. The summed E-state index contributed by atoms with van der Waals surface area (Å²) in [6.07, 6.45) is 20.9. The molecule has 1 heterocycles. The normalized spacial score (nSPS) is 18.4. The molecule has 138 valence electrons. The molecule has 1 fully saturated rings. The molecular weight excluding hydrogens is 280 g/mol. The number of nitrogens with zero attached hydrogens (tertiary/aromatic N) is 1. The molecule has 2 heteroatoms. The van der Waals surface area contributed by atoms with Gasteiger partial charge in [0.15, 0.2) is 0 Å². The van der Waals surface area contributed by atoms with Gasteiger partial charge in [-0.05, 0) is 38.8 Å². The molecule has 0 bridgehead atoms. The van der Waals surface area contributed by atoms with Crippen LogP contribution in [0, 0.1) is 0 Å². The van der Waals surface area contributed by atoms with E-state index in [2.05, 4.69) is 18.7 Å². The van der Waals surface area contributed by atoms with Crippen molar-refractivity contribution in [2.75, 3.05) is 13.1 Å². The molecule has 1 aliphatic heterocycles. The smallest absolute Gasteiger partial charge is 0.00952 e. The Labute approximate surface area is 146 Å². The SMILES string of the molecule is CCCCCCCCC(CCCCCCC)N1CCC(N)CC1. The summed E-state index contributed by atoms with van der Waals surface area (Å²) in [6.45, 7) is 7.10. The van der Waals surface area contributed by atoms with Crippen LogP contribution in [0.4, 0.5) is 0 Å². The van der Waals surface area contributed by atoms with Crippen LogP contribution in [0.2, 0.25) is 0 Å². The highest BCUT2D eigenvalue weighted by molar-refractivity contribution is 4.80. The maximum Gasteiger partial charge on any atom is 0.00952 e. The summed E-state index contributed by atoms with van der Waals surface area (Å²) in [5, 5.41) is 0. The van der Waals surface area contributed by atoms with Crippen LogP contribution in [0.1, 0.15) is 110 Å². The summed E-state index contributed by atoms with van der Waals surface area (Å²) in [6, 6.07) is 1.31. The molecule has 0 aromatic carbocycles. The first-order valence-corrected chi connectivity index (χ1v) is 10.8. The molecule has 1 unspecified atom stereocenters. The number of nitrogens with two attached hydrogens (primary N) is 1. The molecule has 23 heavy (non-hydrogen) atoms. The summed E-state index contributed by atoms with van der Waals surface area (Å²) in [7, 11) is 0. The van der Waals surface area contributed by atoms with E-state index in [0.717, 1.165) is 6.04 Å². The molecular formula is C21H44N2. The monoisotopic (exact) mass is 324 g/mol. The zero-order valence-electron chi connectivity index (χ0n) is 16.2. The van der Waals surface area contributed by atoms with Gasteiger partial charge in [0.25, 0.3) is 0 Å². The second kappa shape index (κ2) is 14.3. The molecule has 2 N–H and O–H groups in total. The Kier molecular flexibility index (Phi) is 13.0. The van der Waals surface area contributed by atoms with Crippen LogP contribution in [-0.4, -0.2) is 30.1 Å². The van der Waals surface area contributed by atoms with Crippen LogP contribution in [0.25, 0.3) is 0 Å². The molecule has 0 aromatic rings. The lowest BCUT2D eigenvalue weighted by molar-refractivity contribution is 0.134. The van der Waals surface area contributed by atoms with Gasteiger partial charge in [-0.25, -0.2) is 0 Å². The van der Waals surface area contributed by atoms with Gasteiger partial charge in [-0.15, -0.1) is 0 Å². The maximum absolute atomic E-state index is 6.09. The first kappa shape index (κ1) is 21.0. The van der Waals surface area contributed by atoms with Gasteiger partial charge in [0, 0.05) is 12.1 Å². The molecule has 1 saturated heterocycles. The van der Waals surface area contributed by atoms with Crippen LogP contribution in [-0.2, 0) is 0 Å². The van der Waals surface area contributed by atoms with Crippen molar-refractivity contribution >= 4 is 0 Å². The van der Waals surface area contributed by atoms with Crippen LogP contribution in [0.5, 0.6) is 0 Å². The van der Waals surface area contributed by atoms with Crippen molar-refractivity contribution in [2.24, 2.45) is 5.73 Å². The number of rotatable bonds is 14. The summed E-state index contributed by atoms with van der Waals surface area (Å²) >= 11 is 0. The van der Waals surface area contributed by atoms with Crippen LogP contribution < -0.4 is 5.73 Å². The van der Waals surface area contributed by atoms with E-state index in [9.17, 15) is 0 Å². The highest BCUT2D eigenvalue weighted by Gasteiger charge is 2.22. The van der Waals surface area contributed by atoms with E-state index >= 15 is 0 Å². The van der Waals surface area contributed by atoms with Crippen molar-refractivity contribution in [3.05, 3.63) is 0 Å². The number of likely N-dealkylation sites (tertiary alicyclic amines) is 1. The van der Waals surface area contributed by atoms with Crippen molar-refractivity contribution in [3.8, 4) is 0 Å². The highest BCUT2D eigenvalue weighted by atomic mass is 15.2. The Balaban J connectivity index is 2.23. The third-order valence-electron chi connectivity index (χ3n) is 5.62. The Morgan fingerprint density at radius 1 is 0.739 bits per heavy atom. The van der Waals surface area contributed by atoms with Gasteiger partial charge in [-0.1, -0.05) is 84.5 Å². The minimum Gasteiger partial charge on any atom is -0.328 e. The standard InChI is InChI=1S/C21H44N2/c1-3-5-7-9-11-13-15-21(14-12-10-8-6-4-2)23-18-16-20(22)17-19-23/h20-21H,3-19,22H2,1-2H3. The van der Waals surface area contributed by atoms with Gasteiger partial charge in [-0.2, -0.15) is 0 Å². The van der Waals surface area contributed by atoms with E-state index in [4.69, 9.17) is 5.73 Å². The van der Waals surface area contributed by atoms with Crippen molar-refractivity contribution in [3.63, 3.8) is 0 Å². The first-order chi connectivity index (χ1) is 11.3.